The van der Waals surface area contributed by atoms with E-state index in [1.165, 1.54) is 27.5 Å². The third kappa shape index (κ3) is 1.97. The molecule has 0 fully saturated rings. The van der Waals surface area contributed by atoms with Crippen molar-refractivity contribution in [3.63, 3.8) is 0 Å². The van der Waals surface area contributed by atoms with Gasteiger partial charge in [-0.15, -0.1) is 0 Å². The molecule has 0 radical (unpaired) electrons. The van der Waals surface area contributed by atoms with Crippen molar-refractivity contribution in [2.24, 2.45) is 0 Å². The fourth-order valence-corrected chi connectivity index (χ4v) is 2.59. The van der Waals surface area contributed by atoms with Crippen LogP contribution in [0.25, 0.3) is 21.9 Å². The lowest BCUT2D eigenvalue weighted by Gasteiger charge is -2.12. The van der Waals surface area contributed by atoms with Crippen molar-refractivity contribution in [3.8, 4) is 16.9 Å². The Labute approximate surface area is 113 Å². The molecule has 1 heteroatoms. The molecule has 0 N–H and O–H groups in total. The maximum absolute atomic E-state index is 5.42. The first-order valence-corrected chi connectivity index (χ1v) is 6.43. The number of rotatable bonds is 2. The van der Waals surface area contributed by atoms with Gasteiger partial charge in [0.15, 0.2) is 0 Å². The second-order valence-electron chi connectivity index (χ2n) is 4.66. The Morgan fingerprint density at radius 1 is 0.737 bits per heavy atom. The maximum atomic E-state index is 5.42. The van der Waals surface area contributed by atoms with Crippen LogP contribution < -0.4 is 4.74 Å². The van der Waals surface area contributed by atoms with Gasteiger partial charge in [-0.05, 0) is 40.5 Å². The molecule has 0 aliphatic rings. The van der Waals surface area contributed by atoms with Gasteiger partial charge in [0.1, 0.15) is 5.75 Å². The zero-order chi connectivity index (χ0) is 13.2. The Kier molecular flexibility index (Phi) is 2.96. The summed E-state index contributed by atoms with van der Waals surface area (Å²) in [7, 11) is 1.72. The minimum atomic E-state index is 0.936. The zero-order valence-electron chi connectivity index (χ0n) is 11.2. The van der Waals surface area contributed by atoms with Crippen molar-refractivity contribution in [1.29, 1.82) is 0 Å². The van der Waals surface area contributed by atoms with Gasteiger partial charge in [0.25, 0.3) is 0 Å². The molecule has 0 spiro atoms. The molecule has 3 aromatic carbocycles. The van der Waals surface area contributed by atoms with Crippen LogP contribution in [0.2, 0.25) is 0 Å². The van der Waals surface area contributed by atoms with Crippen molar-refractivity contribution in [3.05, 3.63) is 66.2 Å². The van der Waals surface area contributed by atoms with Crippen LogP contribution in [-0.4, -0.2) is 7.11 Å². The summed E-state index contributed by atoms with van der Waals surface area (Å²) in [5.41, 5.74) is 3.67. The minimum Gasteiger partial charge on any atom is -0.496 e. The van der Waals surface area contributed by atoms with Gasteiger partial charge in [0.05, 0.1) is 7.11 Å². The fourth-order valence-electron chi connectivity index (χ4n) is 2.59. The number of hydrogen-bond donors (Lipinski definition) is 0. The van der Waals surface area contributed by atoms with Gasteiger partial charge in [-0.2, -0.15) is 0 Å². The molecule has 94 valence electrons. The van der Waals surface area contributed by atoms with Gasteiger partial charge in [0.2, 0.25) is 0 Å². The van der Waals surface area contributed by atoms with Crippen LogP contribution in [0.1, 0.15) is 5.56 Å². The normalized spacial score (nSPS) is 10.6. The highest BCUT2D eigenvalue weighted by molar-refractivity contribution is 5.97. The fraction of sp³-hybridized carbons (Fsp3) is 0.111. The number of fused-ring (bicyclic) bond motifs is 1. The standard InChI is InChI=1S/C18H16O/c1-13-15(10-6-12-18(13)19-2)17-11-5-8-14-7-3-4-9-16(14)17/h3-12H,1-2H3. The molecule has 0 atom stereocenters. The summed E-state index contributed by atoms with van der Waals surface area (Å²) in [5, 5.41) is 2.54. The zero-order valence-corrected chi connectivity index (χ0v) is 11.2. The largest absolute Gasteiger partial charge is 0.496 e. The lowest BCUT2D eigenvalue weighted by molar-refractivity contribution is 0.412. The molecule has 0 aliphatic heterocycles. The highest BCUT2D eigenvalue weighted by Crippen LogP contribution is 2.34. The third-order valence-electron chi connectivity index (χ3n) is 3.58. The monoisotopic (exact) mass is 248 g/mol. The van der Waals surface area contributed by atoms with Gasteiger partial charge in [-0.25, -0.2) is 0 Å². The molecule has 19 heavy (non-hydrogen) atoms. The molecule has 0 aliphatic carbocycles. The van der Waals surface area contributed by atoms with E-state index in [-0.39, 0.29) is 0 Å². The summed E-state index contributed by atoms with van der Waals surface area (Å²) < 4.78 is 5.42. The highest BCUT2D eigenvalue weighted by atomic mass is 16.5. The van der Waals surface area contributed by atoms with E-state index < -0.39 is 0 Å². The molecule has 0 bridgehead atoms. The number of hydrogen-bond acceptors (Lipinski definition) is 1. The lowest BCUT2D eigenvalue weighted by atomic mass is 9.95. The summed E-state index contributed by atoms with van der Waals surface area (Å²) in [4.78, 5) is 0. The van der Waals surface area contributed by atoms with Crippen LogP contribution in [0.3, 0.4) is 0 Å². The van der Waals surface area contributed by atoms with Crippen LogP contribution >= 0.6 is 0 Å². The van der Waals surface area contributed by atoms with E-state index >= 15 is 0 Å². The SMILES string of the molecule is COc1cccc(-c2cccc3ccccc23)c1C. The quantitative estimate of drug-likeness (QED) is 0.631. The number of benzene rings is 3. The van der Waals surface area contributed by atoms with Crippen LogP contribution in [0.15, 0.2) is 60.7 Å². The molecular formula is C18H16O. The van der Waals surface area contributed by atoms with Crippen LogP contribution in [0.4, 0.5) is 0 Å². The van der Waals surface area contributed by atoms with E-state index in [1.807, 2.05) is 12.1 Å². The average Bonchev–Trinajstić information content (AvgIpc) is 2.47. The summed E-state index contributed by atoms with van der Waals surface area (Å²) in [6.07, 6.45) is 0. The predicted molar refractivity (Wildman–Crippen MR) is 80.7 cm³/mol. The van der Waals surface area contributed by atoms with Gasteiger partial charge >= 0.3 is 0 Å². The highest BCUT2D eigenvalue weighted by Gasteiger charge is 2.08. The van der Waals surface area contributed by atoms with E-state index in [0.717, 1.165) is 5.75 Å². The summed E-state index contributed by atoms with van der Waals surface area (Å²) >= 11 is 0. The van der Waals surface area contributed by atoms with Gasteiger partial charge in [-0.1, -0.05) is 54.6 Å². The molecule has 0 saturated carbocycles. The molecule has 3 rings (SSSR count). The van der Waals surface area contributed by atoms with E-state index in [9.17, 15) is 0 Å². The third-order valence-corrected chi connectivity index (χ3v) is 3.58. The molecule has 0 heterocycles. The summed E-state index contributed by atoms with van der Waals surface area (Å²) in [6, 6.07) is 21.1. The van der Waals surface area contributed by atoms with Crippen LogP contribution in [-0.2, 0) is 0 Å². The van der Waals surface area contributed by atoms with Gasteiger partial charge in [0, 0.05) is 0 Å². The van der Waals surface area contributed by atoms with E-state index in [4.69, 9.17) is 4.74 Å². The summed E-state index contributed by atoms with van der Waals surface area (Å²) in [5.74, 6) is 0.936. The first kappa shape index (κ1) is 11.8. The first-order valence-electron chi connectivity index (χ1n) is 6.43. The molecule has 0 unspecified atom stereocenters. The Balaban J connectivity index is 2.31. The van der Waals surface area contributed by atoms with E-state index in [2.05, 4.69) is 55.5 Å². The molecule has 3 aromatic rings. The Bertz CT molecular complexity index is 723. The second-order valence-corrected chi connectivity index (χ2v) is 4.66. The van der Waals surface area contributed by atoms with Crippen molar-refractivity contribution in [1.82, 2.24) is 0 Å². The minimum absolute atomic E-state index is 0.936. The predicted octanol–water partition coefficient (Wildman–Crippen LogP) is 4.82. The number of ether oxygens (including phenoxy) is 1. The Hall–Kier alpha value is -2.28. The number of methoxy groups -OCH3 is 1. The molecular weight excluding hydrogens is 232 g/mol. The Morgan fingerprint density at radius 3 is 2.26 bits per heavy atom. The lowest BCUT2D eigenvalue weighted by Crippen LogP contribution is -1.90. The summed E-state index contributed by atoms with van der Waals surface area (Å²) in [6.45, 7) is 2.11. The van der Waals surface area contributed by atoms with Gasteiger partial charge in [-0.3, -0.25) is 0 Å². The van der Waals surface area contributed by atoms with Crippen LogP contribution in [0.5, 0.6) is 5.75 Å². The topological polar surface area (TPSA) is 9.23 Å². The van der Waals surface area contributed by atoms with Crippen molar-refractivity contribution >= 4 is 10.8 Å². The van der Waals surface area contributed by atoms with Crippen molar-refractivity contribution < 1.29 is 4.74 Å². The average molecular weight is 248 g/mol. The second kappa shape index (κ2) is 4.77. The maximum Gasteiger partial charge on any atom is 0.122 e. The van der Waals surface area contributed by atoms with Gasteiger partial charge < -0.3 is 4.74 Å². The molecule has 0 amide bonds. The van der Waals surface area contributed by atoms with E-state index in [1.54, 1.807) is 7.11 Å². The Morgan fingerprint density at radius 2 is 1.42 bits per heavy atom. The molecule has 0 saturated heterocycles. The van der Waals surface area contributed by atoms with Crippen LogP contribution in [0, 0.1) is 6.92 Å². The molecule has 0 aromatic heterocycles. The van der Waals surface area contributed by atoms with Crippen molar-refractivity contribution in [2.75, 3.05) is 7.11 Å². The first-order chi connectivity index (χ1) is 9.31. The smallest absolute Gasteiger partial charge is 0.122 e. The molecule has 1 nitrogen and oxygen atoms in total. The van der Waals surface area contributed by atoms with Crippen molar-refractivity contribution in [2.45, 2.75) is 6.92 Å². The van der Waals surface area contributed by atoms with E-state index in [0.29, 0.717) is 0 Å².